The van der Waals surface area contributed by atoms with Crippen LogP contribution in [0.15, 0.2) is 42.5 Å². The first kappa shape index (κ1) is 28.9. The van der Waals surface area contributed by atoms with Crippen molar-refractivity contribution in [3.05, 3.63) is 64.2 Å². The van der Waals surface area contributed by atoms with Gasteiger partial charge in [-0.3, -0.25) is 4.79 Å². The Morgan fingerprint density at radius 2 is 1.70 bits per heavy atom. The predicted molar refractivity (Wildman–Crippen MR) is 160 cm³/mol. The molecule has 40 heavy (non-hydrogen) atoms. The molecule has 2 aromatic carbocycles. The average Bonchev–Trinajstić information content (AvgIpc) is 2.95. The van der Waals surface area contributed by atoms with Gasteiger partial charge in [0.05, 0.1) is 10.6 Å². The Morgan fingerprint density at radius 3 is 2.30 bits per heavy atom. The molecule has 2 aromatic rings. The van der Waals surface area contributed by atoms with E-state index >= 15 is 0 Å². The van der Waals surface area contributed by atoms with Crippen LogP contribution in [0.3, 0.4) is 0 Å². The van der Waals surface area contributed by atoms with Crippen LogP contribution in [0.1, 0.15) is 80.8 Å². The standard InChI is InChI=1S/C33H43ClN4O2/c1-32(2)30(33(3,4)31(32)40-27-10-9-26(20-35)28(34)19-27)37-29(39)25-7-5-23(6-8-25)24-13-17-38(18-14-24)21-22-11-15-36-16-12-22/h5-10,19,22,24,30-31,36H,11-18,21H2,1-4H3,(H,37,39). The molecule has 1 aliphatic carbocycles. The van der Waals surface area contributed by atoms with Gasteiger partial charge in [-0.15, -0.1) is 0 Å². The van der Waals surface area contributed by atoms with Gasteiger partial charge < -0.3 is 20.3 Å². The van der Waals surface area contributed by atoms with Crippen molar-refractivity contribution in [2.45, 2.75) is 71.4 Å². The highest BCUT2D eigenvalue weighted by Crippen LogP contribution is 2.55. The average molecular weight is 563 g/mol. The number of carbonyl (C=O) groups is 1. The third-order valence-corrected chi connectivity index (χ3v) is 9.95. The summed E-state index contributed by atoms with van der Waals surface area (Å²) < 4.78 is 6.36. The van der Waals surface area contributed by atoms with Gasteiger partial charge in [-0.1, -0.05) is 51.4 Å². The first-order valence-corrected chi connectivity index (χ1v) is 15.2. The zero-order chi connectivity index (χ0) is 28.5. The maximum Gasteiger partial charge on any atom is 0.251 e. The van der Waals surface area contributed by atoms with Crippen LogP contribution < -0.4 is 15.4 Å². The number of rotatable bonds is 7. The molecule has 2 saturated heterocycles. The van der Waals surface area contributed by atoms with Gasteiger partial charge in [-0.2, -0.15) is 5.26 Å². The smallest absolute Gasteiger partial charge is 0.251 e. The number of nitrogens with one attached hydrogen (secondary N) is 2. The van der Waals surface area contributed by atoms with Crippen LogP contribution in [-0.4, -0.2) is 55.7 Å². The number of piperidine rings is 2. The molecule has 6 nitrogen and oxygen atoms in total. The number of carbonyl (C=O) groups excluding carboxylic acids is 1. The van der Waals surface area contributed by atoms with Gasteiger partial charge in [0.25, 0.3) is 5.91 Å². The molecule has 3 aliphatic rings. The third kappa shape index (κ3) is 5.88. The van der Waals surface area contributed by atoms with E-state index in [1.54, 1.807) is 18.2 Å². The summed E-state index contributed by atoms with van der Waals surface area (Å²) in [6, 6.07) is 15.4. The molecule has 0 unspecified atom stereocenters. The van der Waals surface area contributed by atoms with Crippen LogP contribution in [0.4, 0.5) is 0 Å². The molecular formula is C33H43ClN4O2. The lowest BCUT2D eigenvalue weighted by Gasteiger charge is -2.63. The maximum absolute atomic E-state index is 13.3. The number of benzene rings is 2. The van der Waals surface area contributed by atoms with Crippen molar-refractivity contribution in [3.8, 4) is 11.8 Å². The first-order chi connectivity index (χ1) is 19.1. The van der Waals surface area contributed by atoms with Crippen molar-refractivity contribution in [3.63, 3.8) is 0 Å². The second-order valence-electron chi connectivity index (χ2n) is 13.2. The van der Waals surface area contributed by atoms with Crippen molar-refractivity contribution in [1.29, 1.82) is 5.26 Å². The SMILES string of the molecule is CC1(C)C(NC(=O)c2ccc(C3CCN(CC4CCNCC4)CC3)cc2)C(C)(C)C1Oc1ccc(C#N)c(Cl)c1. The number of likely N-dealkylation sites (tertiary alicyclic amines) is 1. The van der Waals surface area contributed by atoms with E-state index in [4.69, 9.17) is 21.6 Å². The Balaban J connectivity index is 1.15. The topological polar surface area (TPSA) is 77.4 Å². The summed E-state index contributed by atoms with van der Waals surface area (Å²) in [5.74, 6) is 2.00. The van der Waals surface area contributed by atoms with Crippen molar-refractivity contribution in [1.82, 2.24) is 15.5 Å². The number of hydrogen-bond donors (Lipinski definition) is 2. The van der Waals surface area contributed by atoms with Gasteiger partial charge in [0, 0.05) is 35.0 Å². The van der Waals surface area contributed by atoms with E-state index in [0.717, 1.165) is 5.92 Å². The third-order valence-electron chi connectivity index (χ3n) is 9.64. The summed E-state index contributed by atoms with van der Waals surface area (Å²) in [6.07, 6.45) is 4.85. The number of amides is 1. The molecule has 0 spiro atoms. The highest BCUT2D eigenvalue weighted by atomic mass is 35.5. The Hall–Kier alpha value is -2.59. The van der Waals surface area contributed by atoms with Crippen molar-refractivity contribution < 1.29 is 9.53 Å². The monoisotopic (exact) mass is 562 g/mol. The van der Waals surface area contributed by atoms with E-state index < -0.39 is 0 Å². The summed E-state index contributed by atoms with van der Waals surface area (Å²) in [5, 5.41) is 16.3. The van der Waals surface area contributed by atoms with Crippen LogP contribution in [0.2, 0.25) is 5.02 Å². The lowest BCUT2D eigenvalue weighted by atomic mass is 9.49. The summed E-state index contributed by atoms with van der Waals surface area (Å²) in [6.45, 7) is 14.4. The molecule has 0 aromatic heterocycles. The minimum absolute atomic E-state index is 0.0469. The van der Waals surface area contributed by atoms with Gasteiger partial charge in [0.15, 0.2) is 0 Å². The highest BCUT2D eigenvalue weighted by Gasteiger charge is 2.64. The lowest BCUT2D eigenvalue weighted by molar-refractivity contribution is -0.164. The minimum atomic E-state index is -0.290. The zero-order valence-corrected chi connectivity index (χ0v) is 25.1. The van der Waals surface area contributed by atoms with Crippen LogP contribution in [0.5, 0.6) is 5.75 Å². The summed E-state index contributed by atoms with van der Waals surface area (Å²) in [4.78, 5) is 16.0. The number of nitrogens with zero attached hydrogens (tertiary/aromatic N) is 2. The zero-order valence-electron chi connectivity index (χ0n) is 24.3. The normalized spacial score (nSPS) is 25.0. The molecule has 5 rings (SSSR count). The molecule has 0 radical (unpaired) electrons. The molecule has 0 atom stereocenters. The number of nitriles is 1. The molecule has 2 aliphatic heterocycles. The molecular weight excluding hydrogens is 520 g/mol. The fourth-order valence-electron chi connectivity index (χ4n) is 7.60. The summed E-state index contributed by atoms with van der Waals surface area (Å²) in [5.41, 5.74) is 1.89. The van der Waals surface area contributed by atoms with Gasteiger partial charge in [-0.05, 0) is 93.5 Å². The van der Waals surface area contributed by atoms with Gasteiger partial charge in [0.2, 0.25) is 0 Å². The Kier molecular flexibility index (Phi) is 8.47. The Bertz CT molecular complexity index is 1220. The van der Waals surface area contributed by atoms with Gasteiger partial charge in [0.1, 0.15) is 17.9 Å². The second-order valence-corrected chi connectivity index (χ2v) is 13.6. The first-order valence-electron chi connectivity index (χ1n) is 14.8. The molecule has 2 heterocycles. The summed E-state index contributed by atoms with van der Waals surface area (Å²) >= 11 is 6.22. The van der Waals surface area contributed by atoms with Crippen molar-refractivity contribution in [2.75, 3.05) is 32.7 Å². The molecule has 2 N–H and O–H groups in total. The molecule has 1 saturated carbocycles. The van der Waals surface area contributed by atoms with Crippen LogP contribution in [0.25, 0.3) is 0 Å². The maximum atomic E-state index is 13.3. The number of ether oxygens (including phenoxy) is 1. The number of hydrogen-bond acceptors (Lipinski definition) is 5. The van der Waals surface area contributed by atoms with Crippen LogP contribution in [-0.2, 0) is 0 Å². The van der Waals surface area contributed by atoms with Crippen LogP contribution in [0, 0.1) is 28.1 Å². The van der Waals surface area contributed by atoms with E-state index in [1.165, 1.54) is 64.0 Å². The lowest BCUT2D eigenvalue weighted by Crippen LogP contribution is -2.74. The van der Waals surface area contributed by atoms with E-state index in [-0.39, 0.29) is 28.9 Å². The van der Waals surface area contributed by atoms with E-state index in [0.29, 0.717) is 27.8 Å². The fourth-order valence-corrected chi connectivity index (χ4v) is 7.81. The molecule has 0 bridgehead atoms. The van der Waals surface area contributed by atoms with E-state index in [2.05, 4.69) is 61.4 Å². The van der Waals surface area contributed by atoms with Gasteiger partial charge in [-0.25, -0.2) is 0 Å². The van der Waals surface area contributed by atoms with E-state index in [9.17, 15) is 4.79 Å². The predicted octanol–water partition coefficient (Wildman–Crippen LogP) is 6.00. The fraction of sp³-hybridized carbons (Fsp3) is 0.576. The highest BCUT2D eigenvalue weighted by molar-refractivity contribution is 6.31. The molecule has 1 amide bonds. The minimum Gasteiger partial charge on any atom is -0.489 e. The van der Waals surface area contributed by atoms with Crippen molar-refractivity contribution >= 4 is 17.5 Å². The number of halogens is 1. The molecule has 214 valence electrons. The quantitative estimate of drug-likeness (QED) is 0.432. The van der Waals surface area contributed by atoms with Crippen molar-refractivity contribution in [2.24, 2.45) is 16.7 Å². The molecule has 3 fully saturated rings. The molecule has 7 heteroatoms. The van der Waals surface area contributed by atoms with Crippen LogP contribution >= 0.6 is 11.6 Å². The summed E-state index contributed by atoms with van der Waals surface area (Å²) in [7, 11) is 0. The van der Waals surface area contributed by atoms with Gasteiger partial charge >= 0.3 is 0 Å². The Morgan fingerprint density at radius 1 is 1.05 bits per heavy atom. The second kappa shape index (κ2) is 11.7. The van der Waals surface area contributed by atoms with E-state index in [1.807, 2.05) is 12.1 Å². The Labute approximate surface area is 244 Å². The largest absolute Gasteiger partial charge is 0.489 e.